The van der Waals surface area contributed by atoms with Crippen LogP contribution in [0.1, 0.15) is 32.6 Å². The summed E-state index contributed by atoms with van der Waals surface area (Å²) in [7, 11) is 0. The van der Waals surface area contributed by atoms with E-state index in [1.165, 1.54) is 5.57 Å². The highest BCUT2D eigenvalue weighted by molar-refractivity contribution is 5.80. The van der Waals surface area contributed by atoms with Crippen molar-refractivity contribution in [3.63, 3.8) is 0 Å². The van der Waals surface area contributed by atoms with Gasteiger partial charge in [-0.2, -0.15) is 0 Å². The van der Waals surface area contributed by atoms with Crippen LogP contribution in [0.25, 0.3) is 0 Å². The number of carbonyl (C=O) groups is 2. The smallest absolute Gasteiger partial charge is 0.307 e. The number of carboxylic acids is 1. The minimum Gasteiger partial charge on any atom is -0.481 e. The summed E-state index contributed by atoms with van der Waals surface area (Å²) >= 11 is 0. The molecule has 104 valence electrons. The SMILES string of the molecule is CC1=CC[C@H](C(=O)N2CC[C@H]3[C@@H](C2)[C@H]3C(=O)O)CC1. The zero-order valence-electron chi connectivity index (χ0n) is 11.3. The maximum absolute atomic E-state index is 12.4. The average Bonchev–Trinajstić information content (AvgIpc) is 3.12. The van der Waals surface area contributed by atoms with Crippen LogP contribution in [-0.2, 0) is 9.59 Å². The van der Waals surface area contributed by atoms with Crippen LogP contribution in [0, 0.1) is 23.7 Å². The summed E-state index contributed by atoms with van der Waals surface area (Å²) < 4.78 is 0. The van der Waals surface area contributed by atoms with E-state index in [0.717, 1.165) is 32.2 Å². The fraction of sp³-hybridized carbons (Fsp3) is 0.733. The molecule has 2 aliphatic carbocycles. The van der Waals surface area contributed by atoms with E-state index in [1.807, 2.05) is 4.90 Å². The number of likely N-dealkylation sites (tertiary alicyclic amines) is 1. The molecule has 0 unspecified atom stereocenters. The topological polar surface area (TPSA) is 57.6 Å². The Morgan fingerprint density at radius 3 is 2.74 bits per heavy atom. The maximum atomic E-state index is 12.4. The Bertz CT molecular complexity index is 443. The van der Waals surface area contributed by atoms with Crippen LogP contribution in [0.4, 0.5) is 0 Å². The van der Waals surface area contributed by atoms with E-state index in [9.17, 15) is 9.59 Å². The number of rotatable bonds is 2. The van der Waals surface area contributed by atoms with E-state index in [-0.39, 0.29) is 23.7 Å². The van der Waals surface area contributed by atoms with Gasteiger partial charge in [-0.3, -0.25) is 9.59 Å². The second-order valence-electron chi connectivity index (χ2n) is 6.29. The number of hydrogen-bond acceptors (Lipinski definition) is 2. The third-order valence-corrected chi connectivity index (χ3v) is 5.08. The van der Waals surface area contributed by atoms with Gasteiger partial charge in [-0.25, -0.2) is 0 Å². The lowest BCUT2D eigenvalue weighted by Gasteiger charge is -2.31. The Hall–Kier alpha value is -1.32. The molecule has 0 radical (unpaired) electrons. The van der Waals surface area contributed by atoms with Gasteiger partial charge < -0.3 is 10.0 Å². The minimum atomic E-state index is -0.680. The van der Waals surface area contributed by atoms with E-state index in [1.54, 1.807) is 0 Å². The predicted octanol–water partition coefficient (Wildman–Crippen LogP) is 1.91. The molecule has 1 saturated heterocycles. The number of aliphatic carboxylic acids is 1. The lowest BCUT2D eigenvalue weighted by Crippen LogP contribution is -2.41. The van der Waals surface area contributed by atoms with Crippen LogP contribution in [0.2, 0.25) is 0 Å². The molecule has 0 aromatic carbocycles. The van der Waals surface area contributed by atoms with Crippen LogP contribution in [0.15, 0.2) is 11.6 Å². The summed E-state index contributed by atoms with van der Waals surface area (Å²) in [6.07, 6.45) is 5.88. The molecule has 0 bridgehead atoms. The normalized spacial score (nSPS) is 37.3. The number of fused-ring (bicyclic) bond motifs is 1. The highest BCUT2D eigenvalue weighted by Crippen LogP contribution is 2.51. The minimum absolute atomic E-state index is 0.127. The van der Waals surface area contributed by atoms with Crippen molar-refractivity contribution >= 4 is 11.9 Å². The van der Waals surface area contributed by atoms with Crippen LogP contribution < -0.4 is 0 Å². The predicted molar refractivity (Wildman–Crippen MR) is 70.4 cm³/mol. The third-order valence-electron chi connectivity index (χ3n) is 5.08. The van der Waals surface area contributed by atoms with Gasteiger partial charge in [0.1, 0.15) is 0 Å². The molecular weight excluding hydrogens is 242 g/mol. The molecule has 19 heavy (non-hydrogen) atoms. The van der Waals surface area contributed by atoms with Gasteiger partial charge in [0.25, 0.3) is 0 Å². The van der Waals surface area contributed by atoms with Gasteiger partial charge in [-0.15, -0.1) is 0 Å². The quantitative estimate of drug-likeness (QED) is 0.774. The summed E-state index contributed by atoms with van der Waals surface area (Å²) in [5.74, 6) is 0.0541. The van der Waals surface area contributed by atoms with Crippen molar-refractivity contribution in [1.29, 1.82) is 0 Å². The fourth-order valence-corrected chi connectivity index (χ4v) is 3.75. The van der Waals surface area contributed by atoms with E-state index < -0.39 is 5.97 Å². The van der Waals surface area contributed by atoms with Crippen molar-refractivity contribution in [1.82, 2.24) is 4.90 Å². The standard InChI is InChI=1S/C15H21NO3/c1-9-2-4-10(5-3-9)14(17)16-7-6-11-12(8-16)13(11)15(18)19/h2,10-13H,3-8H2,1H3,(H,18,19)/t10-,11-,12+,13-/m0/s1. The Morgan fingerprint density at radius 1 is 1.32 bits per heavy atom. The first kappa shape index (κ1) is 12.7. The highest BCUT2D eigenvalue weighted by atomic mass is 16.4. The van der Waals surface area contributed by atoms with Gasteiger partial charge in [-0.1, -0.05) is 11.6 Å². The van der Waals surface area contributed by atoms with Crippen molar-refractivity contribution in [2.75, 3.05) is 13.1 Å². The first-order chi connectivity index (χ1) is 9.08. The molecule has 1 amide bonds. The molecule has 0 aromatic rings. The number of carboxylic acid groups (broad SMARTS) is 1. The molecule has 4 heteroatoms. The average molecular weight is 263 g/mol. The number of nitrogens with zero attached hydrogens (tertiary/aromatic N) is 1. The van der Waals surface area contributed by atoms with Gasteiger partial charge in [-0.05, 0) is 44.4 Å². The Kier molecular flexibility index (Phi) is 3.11. The summed E-state index contributed by atoms with van der Waals surface area (Å²) in [5.41, 5.74) is 1.39. The van der Waals surface area contributed by atoms with E-state index >= 15 is 0 Å². The second kappa shape index (κ2) is 4.66. The molecule has 3 rings (SSSR count). The molecule has 4 nitrogen and oxygen atoms in total. The van der Waals surface area contributed by atoms with Crippen LogP contribution >= 0.6 is 0 Å². The summed E-state index contributed by atoms with van der Waals surface area (Å²) in [4.78, 5) is 25.4. The van der Waals surface area contributed by atoms with Gasteiger partial charge in [0.2, 0.25) is 5.91 Å². The number of piperidine rings is 1. The molecule has 0 aromatic heterocycles. The van der Waals surface area contributed by atoms with Crippen molar-refractivity contribution in [3.05, 3.63) is 11.6 Å². The molecule has 1 aliphatic heterocycles. The van der Waals surface area contributed by atoms with E-state index in [4.69, 9.17) is 5.11 Å². The lowest BCUT2D eigenvalue weighted by molar-refractivity contribution is -0.140. The maximum Gasteiger partial charge on any atom is 0.307 e. The Labute approximate surface area is 113 Å². The fourth-order valence-electron chi connectivity index (χ4n) is 3.75. The van der Waals surface area contributed by atoms with Crippen molar-refractivity contribution < 1.29 is 14.7 Å². The molecule has 3 aliphatic rings. The Balaban J connectivity index is 1.59. The molecule has 1 N–H and O–H groups in total. The highest BCUT2D eigenvalue weighted by Gasteiger charge is 2.57. The molecule has 1 saturated carbocycles. The second-order valence-corrected chi connectivity index (χ2v) is 6.29. The zero-order chi connectivity index (χ0) is 13.6. The van der Waals surface area contributed by atoms with Crippen LogP contribution in [-0.4, -0.2) is 35.0 Å². The first-order valence-electron chi connectivity index (χ1n) is 7.25. The number of allylic oxidation sites excluding steroid dienone is 2. The summed E-state index contributed by atoms with van der Waals surface area (Å²) in [5, 5.41) is 9.08. The Morgan fingerprint density at radius 2 is 2.11 bits per heavy atom. The lowest BCUT2D eigenvalue weighted by atomic mass is 9.89. The molecule has 0 spiro atoms. The monoisotopic (exact) mass is 263 g/mol. The number of amides is 1. The van der Waals surface area contributed by atoms with Gasteiger partial charge in [0.05, 0.1) is 5.92 Å². The van der Waals surface area contributed by atoms with Gasteiger partial charge in [0.15, 0.2) is 0 Å². The van der Waals surface area contributed by atoms with E-state index in [0.29, 0.717) is 12.5 Å². The zero-order valence-corrected chi connectivity index (χ0v) is 11.3. The molecule has 1 heterocycles. The third kappa shape index (κ3) is 2.28. The van der Waals surface area contributed by atoms with Gasteiger partial charge >= 0.3 is 5.97 Å². The van der Waals surface area contributed by atoms with Crippen molar-refractivity contribution in [2.45, 2.75) is 32.6 Å². The van der Waals surface area contributed by atoms with Crippen LogP contribution in [0.5, 0.6) is 0 Å². The number of carbonyl (C=O) groups excluding carboxylic acids is 1. The first-order valence-corrected chi connectivity index (χ1v) is 7.25. The van der Waals surface area contributed by atoms with Crippen molar-refractivity contribution in [2.24, 2.45) is 23.7 Å². The number of hydrogen-bond donors (Lipinski definition) is 1. The molecule has 4 atom stereocenters. The summed E-state index contributed by atoms with van der Waals surface area (Å²) in [6, 6.07) is 0. The van der Waals surface area contributed by atoms with E-state index in [2.05, 4.69) is 13.0 Å². The van der Waals surface area contributed by atoms with Gasteiger partial charge in [0, 0.05) is 19.0 Å². The van der Waals surface area contributed by atoms with Crippen LogP contribution in [0.3, 0.4) is 0 Å². The molecular formula is C15H21NO3. The van der Waals surface area contributed by atoms with Crippen molar-refractivity contribution in [3.8, 4) is 0 Å². The largest absolute Gasteiger partial charge is 0.481 e. The summed E-state index contributed by atoms with van der Waals surface area (Å²) in [6.45, 7) is 3.54. The molecule has 2 fully saturated rings.